The number of sulfonamides is 1. The van der Waals surface area contributed by atoms with Gasteiger partial charge in [0.1, 0.15) is 22.6 Å². The topological polar surface area (TPSA) is 191 Å². The van der Waals surface area contributed by atoms with Crippen molar-refractivity contribution in [1.29, 1.82) is 0 Å². The van der Waals surface area contributed by atoms with Crippen LogP contribution in [-0.4, -0.2) is 129 Å². The van der Waals surface area contributed by atoms with Crippen LogP contribution in [0.5, 0.6) is 11.5 Å². The molecule has 3 fully saturated rings. The first-order valence-corrected chi connectivity index (χ1v) is 24.0. The Hall–Kier alpha value is -5.69. The lowest BCUT2D eigenvalue weighted by molar-refractivity contribution is -0.136. The van der Waals surface area contributed by atoms with Gasteiger partial charge in [0.2, 0.25) is 27.8 Å². The molecule has 4 aliphatic heterocycles. The van der Waals surface area contributed by atoms with Crippen LogP contribution in [-0.2, 0) is 39.0 Å². The Balaban J connectivity index is 0.853. The number of aromatic nitrogens is 2. The van der Waals surface area contributed by atoms with Gasteiger partial charge in [-0.1, -0.05) is 30.7 Å². The highest BCUT2D eigenvalue weighted by atomic mass is 35.5. The maximum absolute atomic E-state index is 13.3. The van der Waals surface area contributed by atoms with Gasteiger partial charge in [-0.05, 0) is 73.1 Å². The van der Waals surface area contributed by atoms with Gasteiger partial charge in [0.15, 0.2) is 5.82 Å². The highest BCUT2D eigenvalue weighted by Gasteiger charge is 2.40. The Kier molecular flexibility index (Phi) is 13.5. The number of piperidine rings is 2. The number of imide groups is 1. The fourth-order valence-corrected chi connectivity index (χ4v) is 9.96. The minimum Gasteiger partial charge on any atom is -0.497 e. The molecule has 340 valence electrons. The van der Waals surface area contributed by atoms with E-state index < -0.39 is 16.1 Å². The van der Waals surface area contributed by atoms with Crippen molar-refractivity contribution in [3.8, 4) is 11.5 Å². The third-order valence-corrected chi connectivity index (χ3v) is 13.5. The third kappa shape index (κ3) is 9.99. The minimum atomic E-state index is -3.59. The lowest BCUT2D eigenvalue weighted by Gasteiger charge is -2.43. The molecule has 8 rings (SSSR count). The number of benzene rings is 3. The summed E-state index contributed by atoms with van der Waals surface area (Å²) in [4.78, 5) is 55.9. The van der Waals surface area contributed by atoms with Crippen molar-refractivity contribution >= 4 is 73.9 Å². The van der Waals surface area contributed by atoms with Crippen molar-refractivity contribution in [2.75, 3.05) is 86.5 Å². The number of methoxy groups -OCH3 is 2. The van der Waals surface area contributed by atoms with Crippen LogP contribution in [0.25, 0.3) is 0 Å². The zero-order chi connectivity index (χ0) is 45.1. The maximum Gasteiger partial charge on any atom is 0.255 e. The van der Waals surface area contributed by atoms with Crippen molar-refractivity contribution in [2.24, 2.45) is 0 Å². The van der Waals surface area contributed by atoms with E-state index in [0.29, 0.717) is 47.4 Å². The van der Waals surface area contributed by atoms with Crippen molar-refractivity contribution in [3.05, 3.63) is 82.0 Å². The highest BCUT2D eigenvalue weighted by Crippen LogP contribution is 2.38. The quantitative estimate of drug-likeness (QED) is 0.115. The molecule has 1 unspecified atom stereocenters. The molecule has 0 bridgehead atoms. The van der Waals surface area contributed by atoms with Crippen molar-refractivity contribution in [3.63, 3.8) is 0 Å². The lowest BCUT2D eigenvalue weighted by atomic mass is 9.99. The number of carbonyl (C=O) groups excluding carboxylic acids is 3. The molecule has 1 aromatic heterocycles. The fourth-order valence-electron chi connectivity index (χ4n) is 9.25. The third-order valence-electron chi connectivity index (χ3n) is 12.7. The van der Waals surface area contributed by atoms with Gasteiger partial charge in [0.25, 0.3) is 5.91 Å². The molecule has 4 aliphatic rings. The molecule has 17 nitrogen and oxygen atoms in total. The zero-order valence-electron chi connectivity index (χ0n) is 36.6. The second-order valence-corrected chi connectivity index (χ2v) is 18.8. The maximum atomic E-state index is 13.3. The van der Waals surface area contributed by atoms with E-state index >= 15 is 0 Å². The number of nitrogens with one attached hydrogen (secondary N) is 4. The second kappa shape index (κ2) is 19.2. The van der Waals surface area contributed by atoms with Gasteiger partial charge in [0.05, 0.1) is 43.7 Å². The standard InChI is InChI=1S/C45H55ClN10O7S/c1-5-28-23-37(49-45-47-26-34(46)42(51-45)48-35-10-9-31(62-2)24-36(35)52-64(4,60)61)40(63-3)25-39(28)55-17-14-30(15-18-55)54-21-19-53(20-22-54)16-13-29-7-6-8-32-33(29)27-56(44(32)59)38-11-12-41(57)50-43(38)58/h6-10,23-26,30,38,52H,5,11-22,27H2,1-4H3,(H,50,57,58)(H2,47,48,49,51). The molecule has 0 spiro atoms. The number of hydrogen-bond acceptors (Lipinski definition) is 14. The number of rotatable bonds is 15. The Bertz CT molecular complexity index is 2530. The van der Waals surface area contributed by atoms with Crippen LogP contribution in [0.2, 0.25) is 5.02 Å². The molecule has 64 heavy (non-hydrogen) atoms. The molecule has 3 amide bonds. The summed E-state index contributed by atoms with van der Waals surface area (Å²) in [6, 6.07) is 14.9. The number of anilines is 6. The molecule has 19 heteroatoms. The summed E-state index contributed by atoms with van der Waals surface area (Å²) in [5.41, 5.74) is 6.52. The van der Waals surface area contributed by atoms with Gasteiger partial charge >= 0.3 is 0 Å². The number of carbonyl (C=O) groups is 3. The van der Waals surface area contributed by atoms with Gasteiger partial charge in [-0.2, -0.15) is 4.98 Å². The van der Waals surface area contributed by atoms with Crippen LogP contribution in [0.1, 0.15) is 59.7 Å². The second-order valence-electron chi connectivity index (χ2n) is 16.6. The normalized spacial score (nSPS) is 18.8. The van der Waals surface area contributed by atoms with Crippen LogP contribution >= 0.6 is 11.6 Å². The SMILES string of the molecule is CCc1cc(Nc2ncc(Cl)c(Nc3ccc(OC)cc3NS(C)(=O)=O)n2)c(OC)cc1N1CCC(N2CCN(CCc3cccc4c3CN(C3CCC(=O)NC3=O)C4=O)CC2)CC1. The number of hydrogen-bond donors (Lipinski definition) is 4. The molecular weight excluding hydrogens is 860 g/mol. The van der Waals surface area contributed by atoms with Crippen LogP contribution in [0, 0.1) is 0 Å². The molecule has 3 aromatic carbocycles. The van der Waals surface area contributed by atoms with Crippen LogP contribution in [0.3, 0.4) is 0 Å². The molecule has 0 aliphatic carbocycles. The summed E-state index contributed by atoms with van der Waals surface area (Å²) >= 11 is 6.52. The van der Waals surface area contributed by atoms with E-state index in [2.05, 4.69) is 70.5 Å². The van der Waals surface area contributed by atoms with Gasteiger partial charge in [-0.3, -0.25) is 29.3 Å². The molecule has 4 aromatic rings. The van der Waals surface area contributed by atoms with Crippen LogP contribution in [0.4, 0.5) is 34.5 Å². The Morgan fingerprint density at radius 2 is 1.67 bits per heavy atom. The zero-order valence-corrected chi connectivity index (χ0v) is 38.2. The van der Waals surface area contributed by atoms with E-state index in [-0.39, 0.29) is 46.6 Å². The summed E-state index contributed by atoms with van der Waals surface area (Å²) in [6.07, 6.45) is 6.90. The van der Waals surface area contributed by atoms with Gasteiger partial charge in [-0.15, -0.1) is 0 Å². The Morgan fingerprint density at radius 3 is 2.38 bits per heavy atom. The molecule has 5 heterocycles. The average Bonchev–Trinajstić information content (AvgIpc) is 3.62. The number of piperazine rings is 1. The van der Waals surface area contributed by atoms with E-state index in [1.54, 1.807) is 30.2 Å². The number of ether oxygens (including phenoxy) is 2. The molecule has 1 atom stereocenters. The van der Waals surface area contributed by atoms with E-state index in [9.17, 15) is 22.8 Å². The molecular formula is C45H55ClN10O7S. The molecule has 0 radical (unpaired) electrons. The van der Waals surface area contributed by atoms with E-state index in [4.69, 9.17) is 21.1 Å². The summed E-state index contributed by atoms with van der Waals surface area (Å²) in [5, 5.41) is 9.07. The lowest BCUT2D eigenvalue weighted by Crippen LogP contribution is -2.53. The van der Waals surface area contributed by atoms with E-state index in [1.165, 1.54) is 13.3 Å². The summed E-state index contributed by atoms with van der Waals surface area (Å²) in [5.74, 6) is 0.857. The monoisotopic (exact) mass is 914 g/mol. The smallest absolute Gasteiger partial charge is 0.255 e. The van der Waals surface area contributed by atoms with Crippen molar-refractivity contribution in [1.82, 2.24) is 30.0 Å². The van der Waals surface area contributed by atoms with Crippen molar-refractivity contribution < 1.29 is 32.3 Å². The summed E-state index contributed by atoms with van der Waals surface area (Å²) < 4.78 is 37.9. The number of halogens is 1. The molecule has 0 saturated carbocycles. The Labute approximate surface area is 378 Å². The first-order valence-electron chi connectivity index (χ1n) is 21.7. The first-order chi connectivity index (χ1) is 30.8. The minimum absolute atomic E-state index is 0.131. The average molecular weight is 916 g/mol. The molecule has 4 N–H and O–H groups in total. The highest BCUT2D eigenvalue weighted by molar-refractivity contribution is 7.92. The van der Waals surface area contributed by atoms with Gasteiger partial charge < -0.3 is 34.8 Å². The number of amides is 3. The number of fused-ring (bicyclic) bond motifs is 1. The van der Waals surface area contributed by atoms with Gasteiger partial charge in [0, 0.05) is 88.2 Å². The predicted molar refractivity (Wildman–Crippen MR) is 247 cm³/mol. The van der Waals surface area contributed by atoms with E-state index in [0.717, 1.165) is 100 Å². The number of aryl methyl sites for hydroxylation is 1. The fraction of sp³-hybridized carbons (Fsp3) is 0.444. The van der Waals surface area contributed by atoms with Crippen molar-refractivity contribution in [2.45, 2.75) is 64.1 Å². The van der Waals surface area contributed by atoms with E-state index in [1.807, 2.05) is 12.1 Å². The Morgan fingerprint density at radius 1 is 0.891 bits per heavy atom. The largest absolute Gasteiger partial charge is 0.497 e. The summed E-state index contributed by atoms with van der Waals surface area (Å²) in [6.45, 7) is 9.29. The number of nitrogens with zero attached hydrogens (tertiary/aromatic N) is 6. The predicted octanol–water partition coefficient (Wildman–Crippen LogP) is 5.16. The van der Waals surface area contributed by atoms with Gasteiger partial charge in [-0.25, -0.2) is 13.4 Å². The molecule has 3 saturated heterocycles. The first kappa shape index (κ1) is 44.9. The van der Waals surface area contributed by atoms with Crippen LogP contribution in [0.15, 0.2) is 54.7 Å². The van der Waals surface area contributed by atoms with Crippen LogP contribution < -0.4 is 35.0 Å². The summed E-state index contributed by atoms with van der Waals surface area (Å²) in [7, 11) is -0.454.